The third-order valence-corrected chi connectivity index (χ3v) is 6.59. The first kappa shape index (κ1) is 19.7. The molecule has 0 aromatic heterocycles. The van der Waals surface area contributed by atoms with Crippen LogP contribution in [0.5, 0.6) is 0 Å². The van der Waals surface area contributed by atoms with Gasteiger partial charge in [0.15, 0.2) is 0 Å². The highest BCUT2D eigenvalue weighted by Gasteiger charge is 2.50. The summed E-state index contributed by atoms with van der Waals surface area (Å²) in [5, 5.41) is 10.6. The van der Waals surface area contributed by atoms with E-state index >= 15 is 0 Å². The second-order valence-corrected chi connectivity index (χ2v) is 8.38. The minimum atomic E-state index is -1.12. The molecule has 2 aliphatic heterocycles. The summed E-state index contributed by atoms with van der Waals surface area (Å²) in [6.45, 7) is 0.900. The van der Waals surface area contributed by atoms with E-state index in [0.29, 0.717) is 24.8 Å². The number of carbonyl (C=O) groups is 1. The van der Waals surface area contributed by atoms with Gasteiger partial charge in [-0.05, 0) is 55.7 Å². The molecular formula is C20H28BClN2O2. The molecule has 2 radical (unpaired) electrons. The van der Waals surface area contributed by atoms with Crippen LogP contribution in [0.1, 0.15) is 50.5 Å². The zero-order chi connectivity index (χ0) is 18.7. The number of rotatable bonds is 8. The van der Waals surface area contributed by atoms with Crippen LogP contribution in [-0.4, -0.2) is 41.4 Å². The van der Waals surface area contributed by atoms with Crippen LogP contribution in [0.25, 0.3) is 0 Å². The molecule has 3 atom stereocenters. The van der Waals surface area contributed by atoms with Crippen LogP contribution in [0, 0.1) is 5.92 Å². The van der Waals surface area contributed by atoms with Gasteiger partial charge in [0.1, 0.15) is 5.54 Å². The molecule has 3 rings (SSSR count). The van der Waals surface area contributed by atoms with Crippen molar-refractivity contribution >= 4 is 25.4 Å². The molecule has 2 saturated heterocycles. The average molecular weight is 375 g/mol. The molecule has 2 bridgehead atoms. The van der Waals surface area contributed by atoms with Gasteiger partial charge in [0, 0.05) is 23.7 Å². The minimum Gasteiger partial charge on any atom is -0.480 e. The molecule has 6 heteroatoms. The van der Waals surface area contributed by atoms with Crippen LogP contribution >= 0.6 is 11.6 Å². The third kappa shape index (κ3) is 4.10. The summed E-state index contributed by atoms with van der Waals surface area (Å²) in [4.78, 5) is 14.5. The topological polar surface area (TPSA) is 66.6 Å². The Morgan fingerprint density at radius 3 is 2.38 bits per heavy atom. The Labute approximate surface area is 162 Å². The Kier molecular flexibility index (Phi) is 6.31. The number of nitrogens with zero attached hydrogens (tertiary/aromatic N) is 1. The first-order chi connectivity index (χ1) is 12.4. The molecule has 3 N–H and O–H groups in total. The van der Waals surface area contributed by atoms with E-state index in [2.05, 4.69) is 17.0 Å². The Hall–Kier alpha value is -1.04. The molecule has 1 aromatic carbocycles. The molecule has 3 unspecified atom stereocenters. The first-order valence-electron chi connectivity index (χ1n) is 9.66. The van der Waals surface area contributed by atoms with Crippen LogP contribution in [0.3, 0.4) is 0 Å². The number of piperidine rings is 1. The van der Waals surface area contributed by atoms with E-state index in [1.165, 1.54) is 5.56 Å². The standard InChI is InChI=1S/C20H28BClN2O2/c21-10-2-1-9-20(23,19(25)26)15-11-17-7-8-18(12-15)24(17)13-14-3-5-16(22)6-4-14/h3-6,15,17-18H,1-2,7-13,23H2,(H,25,26). The monoisotopic (exact) mass is 374 g/mol. The van der Waals surface area contributed by atoms with Crippen molar-refractivity contribution in [1.82, 2.24) is 4.90 Å². The highest BCUT2D eigenvalue weighted by atomic mass is 35.5. The molecule has 0 aliphatic carbocycles. The summed E-state index contributed by atoms with van der Waals surface area (Å²) in [5.41, 5.74) is 6.58. The Balaban J connectivity index is 1.68. The third-order valence-electron chi connectivity index (χ3n) is 6.33. The summed E-state index contributed by atoms with van der Waals surface area (Å²) in [5.74, 6) is -0.818. The normalized spacial score (nSPS) is 28.0. The lowest BCUT2D eigenvalue weighted by Crippen LogP contribution is -2.58. The number of carboxylic acid groups (broad SMARTS) is 1. The van der Waals surface area contributed by atoms with E-state index < -0.39 is 11.5 Å². The van der Waals surface area contributed by atoms with Gasteiger partial charge in [-0.25, -0.2) is 0 Å². The summed E-state index contributed by atoms with van der Waals surface area (Å²) in [6.07, 6.45) is 6.71. The Morgan fingerprint density at radius 1 is 1.23 bits per heavy atom. The maximum absolute atomic E-state index is 12.0. The second-order valence-electron chi connectivity index (χ2n) is 7.94. The molecule has 0 amide bonds. The zero-order valence-corrected chi connectivity index (χ0v) is 16.0. The van der Waals surface area contributed by atoms with Crippen LogP contribution < -0.4 is 5.73 Å². The van der Waals surface area contributed by atoms with Gasteiger partial charge in [0.2, 0.25) is 0 Å². The van der Waals surface area contributed by atoms with Crippen molar-refractivity contribution in [1.29, 1.82) is 0 Å². The number of unbranched alkanes of at least 4 members (excludes halogenated alkanes) is 1. The maximum Gasteiger partial charge on any atom is 0.323 e. The number of nitrogens with two attached hydrogens (primary N) is 1. The van der Waals surface area contributed by atoms with Gasteiger partial charge < -0.3 is 10.8 Å². The number of hydrogen-bond donors (Lipinski definition) is 2. The van der Waals surface area contributed by atoms with E-state index in [-0.39, 0.29) is 5.92 Å². The lowest BCUT2D eigenvalue weighted by atomic mass is 9.73. The van der Waals surface area contributed by atoms with Gasteiger partial charge in [-0.2, -0.15) is 0 Å². The fourth-order valence-corrected chi connectivity index (χ4v) is 4.93. The highest BCUT2D eigenvalue weighted by Crippen LogP contribution is 2.44. The minimum absolute atomic E-state index is 0.0387. The lowest BCUT2D eigenvalue weighted by Gasteiger charge is -2.44. The zero-order valence-electron chi connectivity index (χ0n) is 15.2. The number of halogens is 1. The maximum atomic E-state index is 12.0. The SMILES string of the molecule is [B]CCCCC(N)(C(=O)O)C1CC2CCC(C1)N2Cc1ccc(Cl)cc1. The van der Waals surface area contributed by atoms with E-state index in [4.69, 9.17) is 25.2 Å². The number of hydrogen-bond acceptors (Lipinski definition) is 3. The van der Waals surface area contributed by atoms with Crippen molar-refractivity contribution < 1.29 is 9.90 Å². The molecular weight excluding hydrogens is 346 g/mol. The van der Waals surface area contributed by atoms with Crippen molar-refractivity contribution in [3.8, 4) is 0 Å². The summed E-state index contributed by atoms with van der Waals surface area (Å²) in [7, 11) is 5.56. The van der Waals surface area contributed by atoms with E-state index in [9.17, 15) is 9.90 Å². The van der Waals surface area contributed by atoms with Crippen LogP contribution in [0.4, 0.5) is 0 Å². The quantitative estimate of drug-likeness (QED) is 0.539. The summed E-state index contributed by atoms with van der Waals surface area (Å²) >= 11 is 5.98. The van der Waals surface area contributed by atoms with Gasteiger partial charge in [-0.15, -0.1) is 0 Å². The highest BCUT2D eigenvalue weighted by molar-refractivity contribution is 6.30. The van der Waals surface area contributed by atoms with Crippen LogP contribution in [-0.2, 0) is 11.3 Å². The van der Waals surface area contributed by atoms with E-state index in [1.807, 2.05) is 12.1 Å². The Bertz CT molecular complexity index is 613. The fraction of sp³-hybridized carbons (Fsp3) is 0.650. The van der Waals surface area contributed by atoms with Gasteiger partial charge in [-0.1, -0.05) is 42.9 Å². The molecule has 2 aliphatic rings. The van der Waals surface area contributed by atoms with Gasteiger partial charge in [0.05, 0.1) is 7.85 Å². The molecule has 140 valence electrons. The van der Waals surface area contributed by atoms with Crippen LogP contribution in [0.15, 0.2) is 24.3 Å². The molecule has 26 heavy (non-hydrogen) atoms. The first-order valence-corrected chi connectivity index (χ1v) is 10.0. The van der Waals surface area contributed by atoms with Crippen molar-refractivity contribution in [2.24, 2.45) is 11.7 Å². The molecule has 0 saturated carbocycles. The molecule has 2 fully saturated rings. The van der Waals surface area contributed by atoms with E-state index in [0.717, 1.165) is 50.1 Å². The average Bonchev–Trinajstić information content (AvgIpc) is 2.84. The van der Waals surface area contributed by atoms with Crippen LogP contribution in [0.2, 0.25) is 11.3 Å². The molecule has 4 nitrogen and oxygen atoms in total. The lowest BCUT2D eigenvalue weighted by molar-refractivity contribution is -0.147. The van der Waals surface area contributed by atoms with Gasteiger partial charge in [-0.3, -0.25) is 9.69 Å². The smallest absolute Gasteiger partial charge is 0.323 e. The predicted octanol–water partition coefficient (Wildman–Crippen LogP) is 3.62. The summed E-state index contributed by atoms with van der Waals surface area (Å²) < 4.78 is 0. The largest absolute Gasteiger partial charge is 0.480 e. The molecule has 1 aromatic rings. The van der Waals surface area contributed by atoms with Crippen molar-refractivity contribution in [2.45, 2.75) is 75.4 Å². The van der Waals surface area contributed by atoms with Crippen molar-refractivity contribution in [3.05, 3.63) is 34.9 Å². The Morgan fingerprint density at radius 2 is 1.85 bits per heavy atom. The van der Waals surface area contributed by atoms with Crippen molar-refractivity contribution in [3.63, 3.8) is 0 Å². The predicted molar refractivity (Wildman–Crippen MR) is 105 cm³/mol. The van der Waals surface area contributed by atoms with Crippen molar-refractivity contribution in [2.75, 3.05) is 0 Å². The second kappa shape index (κ2) is 8.32. The number of fused-ring (bicyclic) bond motifs is 2. The number of benzene rings is 1. The number of aliphatic carboxylic acids is 1. The summed E-state index contributed by atoms with van der Waals surface area (Å²) in [6, 6.07) is 8.85. The fourth-order valence-electron chi connectivity index (χ4n) is 4.80. The van der Waals surface area contributed by atoms with E-state index in [1.54, 1.807) is 0 Å². The van der Waals surface area contributed by atoms with Gasteiger partial charge >= 0.3 is 5.97 Å². The molecule has 0 spiro atoms. The number of carboxylic acids is 1. The molecule has 2 heterocycles. The van der Waals surface area contributed by atoms with Gasteiger partial charge in [0.25, 0.3) is 0 Å².